The maximum absolute atomic E-state index is 14.1. The van der Waals surface area contributed by atoms with Crippen LogP contribution in [0.1, 0.15) is 6.92 Å². The summed E-state index contributed by atoms with van der Waals surface area (Å²) in [6.07, 6.45) is -7.82. The van der Waals surface area contributed by atoms with E-state index in [9.17, 15) is 79.4 Å². The number of hydrogen-bond donors (Lipinski definition) is 1. The molecule has 20 heteroatoms. The highest BCUT2D eigenvalue weighted by Gasteiger charge is 2.95. The Morgan fingerprint density at radius 1 is 0.686 bits per heavy atom. The highest BCUT2D eigenvalue weighted by molar-refractivity contribution is 5.86. The van der Waals surface area contributed by atoms with Gasteiger partial charge in [-0.15, -0.1) is 0 Å². The zero-order chi connectivity index (χ0) is 28.9. The van der Waals surface area contributed by atoms with Crippen LogP contribution in [0, 0.1) is 0 Å². The first-order valence-electron chi connectivity index (χ1n) is 8.25. The highest BCUT2D eigenvalue weighted by atomic mass is 19.4. The minimum Gasteiger partial charge on any atom is -0.460 e. The molecule has 0 saturated heterocycles. The molecule has 35 heavy (non-hydrogen) atoms. The van der Waals surface area contributed by atoms with Crippen molar-refractivity contribution < 1.29 is 84.2 Å². The number of rotatable bonds is 11. The summed E-state index contributed by atoms with van der Waals surface area (Å²) in [6.45, 7) is 1.64. The van der Waals surface area contributed by atoms with Crippen molar-refractivity contribution in [2.45, 2.75) is 60.6 Å². The van der Waals surface area contributed by atoms with Gasteiger partial charge in [0.25, 0.3) is 0 Å². The van der Waals surface area contributed by atoms with E-state index in [4.69, 9.17) is 0 Å². The normalized spacial score (nSPS) is 16.2. The van der Waals surface area contributed by atoms with E-state index in [1.807, 2.05) is 0 Å². The van der Waals surface area contributed by atoms with Gasteiger partial charge in [-0.3, -0.25) is 0 Å². The molecule has 0 fully saturated rings. The molecule has 208 valence electrons. The Labute approximate surface area is 183 Å². The molecule has 1 unspecified atom stereocenters. The average molecular weight is 561 g/mol. The van der Waals surface area contributed by atoms with Crippen molar-refractivity contribution in [3.63, 3.8) is 0 Å². The Kier molecular flexibility index (Phi) is 8.60. The fourth-order valence-corrected chi connectivity index (χ4v) is 2.05. The Hall–Kier alpha value is -2.02. The molecule has 1 N–H and O–H groups in total. The summed E-state index contributed by atoms with van der Waals surface area (Å²) in [5.41, 5.74) is -0.612. The lowest BCUT2D eigenvalue weighted by molar-refractivity contribution is -0.462. The molecule has 0 heterocycles. The van der Waals surface area contributed by atoms with Gasteiger partial charge >= 0.3 is 53.6 Å². The van der Waals surface area contributed by atoms with Crippen LogP contribution in [0.2, 0.25) is 0 Å². The fraction of sp³-hybridized carbons (Fsp3) is 0.800. The van der Waals surface area contributed by atoms with Crippen LogP contribution in [-0.2, 0) is 9.53 Å². The molecule has 0 radical (unpaired) electrons. The number of ether oxygens (including phenoxy) is 1. The maximum atomic E-state index is 14.1. The number of likely N-dealkylation sites (N-methyl/N-ethyl adjacent to an activating group) is 1. The quantitative estimate of drug-likeness (QED) is 0.200. The van der Waals surface area contributed by atoms with Gasteiger partial charge in [-0.05, 0) is 14.0 Å². The maximum Gasteiger partial charge on any atom is 0.460 e. The predicted octanol–water partition coefficient (Wildman–Crippen LogP) is 5.70. The molecule has 0 amide bonds. The molecule has 0 aliphatic heterocycles. The van der Waals surface area contributed by atoms with E-state index < -0.39 is 71.8 Å². The summed E-state index contributed by atoms with van der Waals surface area (Å²) in [6, 6.07) is -3.66. The first kappa shape index (κ1) is 33.0. The number of carbonyl (C=O) groups excluding carboxylic acids is 1. The third-order valence-corrected chi connectivity index (χ3v) is 4.26. The van der Waals surface area contributed by atoms with Crippen LogP contribution in [-0.4, -0.2) is 73.3 Å². The topological polar surface area (TPSA) is 38.3 Å². The number of carbonyl (C=O) groups is 1. The summed E-state index contributed by atoms with van der Waals surface area (Å²) >= 11 is 0. The third-order valence-electron chi connectivity index (χ3n) is 4.26. The van der Waals surface area contributed by atoms with Gasteiger partial charge < -0.3 is 10.1 Å². The zero-order valence-corrected chi connectivity index (χ0v) is 16.7. The Bertz CT molecular complexity index is 802. The molecule has 0 aromatic heterocycles. The molecule has 3 nitrogen and oxygen atoms in total. The molecular formula is C15H12F17NO2. The van der Waals surface area contributed by atoms with Crippen molar-refractivity contribution >= 4 is 5.97 Å². The van der Waals surface area contributed by atoms with Crippen LogP contribution in [0.25, 0.3) is 0 Å². The van der Waals surface area contributed by atoms with Gasteiger partial charge in [0.2, 0.25) is 0 Å². The predicted molar refractivity (Wildman–Crippen MR) is 79.3 cm³/mol. The largest absolute Gasteiger partial charge is 0.460 e. The standard InChI is InChI=1S/C15H12F17NO2/c1-5(2)7(34)35-4-6(33-3)8(16,17)9(18,19)10(20,21)11(22,23)12(24,25)13(26,27)14(28,29)15(30,31)32/h6,33H,1,4H2,2-3H3. The van der Waals surface area contributed by atoms with E-state index in [0.717, 1.165) is 12.2 Å². The number of halogens is 17. The van der Waals surface area contributed by atoms with Crippen LogP contribution in [0.5, 0.6) is 0 Å². The summed E-state index contributed by atoms with van der Waals surface area (Å²) < 4.78 is 229. The first-order chi connectivity index (χ1) is 15.0. The van der Waals surface area contributed by atoms with Gasteiger partial charge in [0.05, 0.1) is 0 Å². The van der Waals surface area contributed by atoms with Gasteiger partial charge in [0.15, 0.2) is 0 Å². The van der Waals surface area contributed by atoms with Crippen molar-refractivity contribution in [2.75, 3.05) is 13.7 Å². The number of esters is 1. The second kappa shape index (κ2) is 9.13. The average Bonchev–Trinajstić information content (AvgIpc) is 2.65. The van der Waals surface area contributed by atoms with Gasteiger partial charge in [-0.1, -0.05) is 6.58 Å². The van der Waals surface area contributed by atoms with Crippen LogP contribution in [0.15, 0.2) is 12.2 Å². The van der Waals surface area contributed by atoms with Crippen LogP contribution in [0.4, 0.5) is 74.6 Å². The number of nitrogens with one attached hydrogen (secondary N) is 1. The molecule has 0 rings (SSSR count). The lowest BCUT2D eigenvalue weighted by atomic mass is 9.87. The van der Waals surface area contributed by atoms with Crippen LogP contribution in [0.3, 0.4) is 0 Å². The first-order valence-corrected chi connectivity index (χ1v) is 8.25. The summed E-state index contributed by atoms with van der Waals surface area (Å²) in [7, 11) is 0.228. The van der Waals surface area contributed by atoms with E-state index in [2.05, 4.69) is 11.3 Å². The van der Waals surface area contributed by atoms with Crippen molar-refractivity contribution in [1.82, 2.24) is 5.32 Å². The minimum absolute atomic E-state index is 0.228. The van der Waals surface area contributed by atoms with E-state index in [-0.39, 0.29) is 7.05 Å². The van der Waals surface area contributed by atoms with Gasteiger partial charge in [0, 0.05) is 5.57 Å². The van der Waals surface area contributed by atoms with Crippen LogP contribution < -0.4 is 5.32 Å². The smallest absolute Gasteiger partial charge is 0.460 e. The number of alkyl halides is 17. The fourth-order valence-electron chi connectivity index (χ4n) is 2.05. The molecular weight excluding hydrogens is 549 g/mol. The van der Waals surface area contributed by atoms with Gasteiger partial charge in [0.1, 0.15) is 12.6 Å². The lowest BCUT2D eigenvalue weighted by Crippen LogP contribution is -2.76. The molecule has 0 spiro atoms. The van der Waals surface area contributed by atoms with Crippen molar-refractivity contribution in [3.8, 4) is 0 Å². The summed E-state index contributed by atoms with van der Waals surface area (Å²) in [4.78, 5) is 11.1. The second-order valence-corrected chi connectivity index (χ2v) is 6.79. The summed E-state index contributed by atoms with van der Waals surface area (Å²) in [5, 5.41) is 1.06. The monoisotopic (exact) mass is 561 g/mol. The molecule has 1 atom stereocenters. The molecule has 0 aliphatic carbocycles. The Balaban J connectivity index is 6.67. The van der Waals surface area contributed by atoms with Gasteiger partial charge in [-0.25, -0.2) is 4.79 Å². The second-order valence-electron chi connectivity index (χ2n) is 6.79. The minimum atomic E-state index is -8.70. The van der Waals surface area contributed by atoms with Crippen molar-refractivity contribution in [3.05, 3.63) is 12.2 Å². The zero-order valence-electron chi connectivity index (χ0n) is 16.7. The SMILES string of the molecule is C=C(C)C(=O)OCC(NC)C(F)(F)C(F)(F)C(F)(F)C(F)(F)C(F)(F)C(F)(F)C(F)(F)C(F)(F)F. The molecule has 0 aromatic rings. The summed E-state index contributed by atoms with van der Waals surface area (Å²) in [5.74, 6) is -58.8. The molecule has 0 aromatic carbocycles. The third kappa shape index (κ3) is 4.73. The molecule has 0 bridgehead atoms. The Morgan fingerprint density at radius 3 is 1.29 bits per heavy atom. The highest BCUT2D eigenvalue weighted by Crippen LogP contribution is 2.64. The lowest BCUT2D eigenvalue weighted by Gasteiger charge is -2.43. The van der Waals surface area contributed by atoms with E-state index >= 15 is 0 Å². The van der Waals surface area contributed by atoms with E-state index in [1.54, 1.807) is 0 Å². The molecule has 0 aliphatic rings. The molecule has 0 saturated carbocycles. The van der Waals surface area contributed by atoms with Crippen LogP contribution >= 0.6 is 0 Å². The number of hydrogen-bond acceptors (Lipinski definition) is 3. The Morgan fingerprint density at radius 2 is 1.00 bits per heavy atom. The van der Waals surface area contributed by atoms with Crippen molar-refractivity contribution in [2.24, 2.45) is 0 Å². The van der Waals surface area contributed by atoms with Crippen molar-refractivity contribution in [1.29, 1.82) is 0 Å². The van der Waals surface area contributed by atoms with Gasteiger partial charge in [-0.2, -0.15) is 74.6 Å². The van der Waals surface area contributed by atoms with E-state index in [1.165, 1.54) is 0 Å². The van der Waals surface area contributed by atoms with E-state index in [0.29, 0.717) is 0 Å².